The van der Waals surface area contributed by atoms with Gasteiger partial charge in [0.2, 0.25) is 17.5 Å². The van der Waals surface area contributed by atoms with Gasteiger partial charge in [0, 0.05) is 18.9 Å². The first-order valence-corrected chi connectivity index (χ1v) is 5.35. The van der Waals surface area contributed by atoms with Crippen molar-refractivity contribution in [3.8, 4) is 11.6 Å². The van der Waals surface area contributed by atoms with E-state index in [1.807, 2.05) is 0 Å². The Balaban J connectivity index is 1.84. The van der Waals surface area contributed by atoms with Gasteiger partial charge in [-0.05, 0) is 12.5 Å². The van der Waals surface area contributed by atoms with Gasteiger partial charge in [0.05, 0.1) is 12.1 Å². The largest absolute Gasteiger partial charge is 0.392 e. The molecule has 7 nitrogen and oxygen atoms in total. The summed E-state index contributed by atoms with van der Waals surface area (Å²) in [6.07, 6.45) is 3.46. The van der Waals surface area contributed by atoms with Gasteiger partial charge < -0.3 is 14.9 Å². The summed E-state index contributed by atoms with van der Waals surface area (Å²) < 4.78 is 5.14. The van der Waals surface area contributed by atoms with E-state index >= 15 is 0 Å². The van der Waals surface area contributed by atoms with Gasteiger partial charge in [0.25, 0.3) is 0 Å². The van der Waals surface area contributed by atoms with Crippen LogP contribution in [0.5, 0.6) is 0 Å². The average Bonchev–Trinajstić information content (AvgIpc) is 2.98. The molecule has 17 heavy (non-hydrogen) atoms. The summed E-state index contributed by atoms with van der Waals surface area (Å²) >= 11 is 0. The number of aliphatic hydroxyl groups is 1. The highest BCUT2D eigenvalue weighted by molar-refractivity contribution is 5.40. The first kappa shape index (κ1) is 10.3. The van der Waals surface area contributed by atoms with Crippen LogP contribution in [0.25, 0.3) is 11.6 Å². The number of β-amino-alcohol motifs (C(OH)–C–C–N with tert-alkyl or cyclic N) is 1. The molecule has 7 heteroatoms. The van der Waals surface area contributed by atoms with Gasteiger partial charge in [-0.15, -0.1) is 0 Å². The standard InChI is InChI=1S/C10H11N5O2/c16-6-4-7(13-5-6)10-14-9(15-17-10)8-11-2-1-3-12-8/h1-3,6-7,13,16H,4-5H2/t6?,7-/m0/s1. The lowest BCUT2D eigenvalue weighted by atomic mass is 10.2. The highest BCUT2D eigenvalue weighted by atomic mass is 16.5. The zero-order valence-corrected chi connectivity index (χ0v) is 8.95. The van der Waals surface area contributed by atoms with Crippen molar-refractivity contribution in [3.05, 3.63) is 24.4 Å². The number of hydrogen-bond donors (Lipinski definition) is 2. The third-order valence-electron chi connectivity index (χ3n) is 2.61. The Morgan fingerprint density at radius 1 is 1.29 bits per heavy atom. The molecule has 3 heterocycles. The lowest BCUT2D eigenvalue weighted by molar-refractivity contribution is 0.191. The van der Waals surface area contributed by atoms with Gasteiger partial charge in [0.1, 0.15) is 0 Å². The van der Waals surface area contributed by atoms with E-state index in [9.17, 15) is 5.11 Å². The topological polar surface area (TPSA) is 97.0 Å². The van der Waals surface area contributed by atoms with Crippen LogP contribution in [0.4, 0.5) is 0 Å². The second-order valence-electron chi connectivity index (χ2n) is 3.88. The monoisotopic (exact) mass is 233 g/mol. The zero-order chi connectivity index (χ0) is 11.7. The molecule has 0 aromatic carbocycles. The molecule has 2 N–H and O–H groups in total. The van der Waals surface area contributed by atoms with Crippen LogP contribution in [0.1, 0.15) is 18.4 Å². The van der Waals surface area contributed by atoms with Crippen molar-refractivity contribution in [2.24, 2.45) is 0 Å². The van der Waals surface area contributed by atoms with Crippen LogP contribution in [0.2, 0.25) is 0 Å². The number of nitrogens with zero attached hydrogens (tertiary/aromatic N) is 4. The summed E-state index contributed by atoms with van der Waals surface area (Å²) in [5.41, 5.74) is 0. The Kier molecular flexibility index (Phi) is 2.54. The summed E-state index contributed by atoms with van der Waals surface area (Å²) in [7, 11) is 0. The van der Waals surface area contributed by atoms with Crippen LogP contribution >= 0.6 is 0 Å². The van der Waals surface area contributed by atoms with E-state index in [1.165, 1.54) is 0 Å². The van der Waals surface area contributed by atoms with Crippen LogP contribution in [0.3, 0.4) is 0 Å². The van der Waals surface area contributed by atoms with Gasteiger partial charge in [-0.2, -0.15) is 4.98 Å². The molecule has 1 aliphatic rings. The fraction of sp³-hybridized carbons (Fsp3) is 0.400. The smallest absolute Gasteiger partial charge is 0.244 e. The first-order valence-electron chi connectivity index (χ1n) is 5.35. The number of aliphatic hydroxyl groups excluding tert-OH is 1. The second-order valence-corrected chi connectivity index (χ2v) is 3.88. The highest BCUT2D eigenvalue weighted by Gasteiger charge is 2.28. The minimum absolute atomic E-state index is 0.0880. The number of hydrogen-bond acceptors (Lipinski definition) is 7. The molecule has 3 rings (SSSR count). The summed E-state index contributed by atoms with van der Waals surface area (Å²) in [4.78, 5) is 12.3. The maximum absolute atomic E-state index is 9.41. The first-order chi connectivity index (χ1) is 8.33. The SMILES string of the molecule is OC1CN[C@H](c2nc(-c3ncccn3)no2)C1. The molecule has 1 saturated heterocycles. The minimum Gasteiger partial charge on any atom is -0.392 e. The average molecular weight is 233 g/mol. The van der Waals surface area contributed by atoms with Crippen LogP contribution in [-0.4, -0.2) is 37.9 Å². The van der Waals surface area contributed by atoms with Gasteiger partial charge in [-0.1, -0.05) is 5.16 Å². The van der Waals surface area contributed by atoms with E-state index in [4.69, 9.17) is 4.52 Å². The summed E-state index contributed by atoms with van der Waals surface area (Å²) in [6.45, 7) is 0.546. The molecule has 2 atom stereocenters. The third-order valence-corrected chi connectivity index (χ3v) is 2.61. The number of nitrogens with one attached hydrogen (secondary N) is 1. The molecule has 0 amide bonds. The van der Waals surface area contributed by atoms with E-state index in [2.05, 4.69) is 25.4 Å². The molecule has 1 unspecified atom stereocenters. The molecule has 2 aromatic rings. The maximum atomic E-state index is 9.41. The fourth-order valence-electron chi connectivity index (χ4n) is 1.79. The molecule has 88 valence electrons. The van der Waals surface area contributed by atoms with Gasteiger partial charge in [0.15, 0.2) is 0 Å². The van der Waals surface area contributed by atoms with Crippen LogP contribution in [-0.2, 0) is 0 Å². The molecule has 2 aromatic heterocycles. The fourth-order valence-corrected chi connectivity index (χ4v) is 1.79. The zero-order valence-electron chi connectivity index (χ0n) is 8.95. The van der Waals surface area contributed by atoms with Crippen molar-refractivity contribution in [3.63, 3.8) is 0 Å². The maximum Gasteiger partial charge on any atom is 0.244 e. The summed E-state index contributed by atoms with van der Waals surface area (Å²) in [5, 5.41) is 16.3. The number of rotatable bonds is 2. The van der Waals surface area contributed by atoms with Crippen molar-refractivity contribution in [1.29, 1.82) is 0 Å². The molecule has 0 spiro atoms. The van der Waals surface area contributed by atoms with E-state index in [1.54, 1.807) is 18.5 Å². The van der Waals surface area contributed by atoms with E-state index < -0.39 is 0 Å². The second kappa shape index (κ2) is 4.19. The number of aromatic nitrogens is 4. The summed E-state index contributed by atoms with van der Waals surface area (Å²) in [5.74, 6) is 1.26. The van der Waals surface area contributed by atoms with Gasteiger partial charge in [-0.25, -0.2) is 9.97 Å². The van der Waals surface area contributed by atoms with Crippen molar-refractivity contribution in [1.82, 2.24) is 25.4 Å². The third kappa shape index (κ3) is 2.02. The Morgan fingerprint density at radius 3 is 2.82 bits per heavy atom. The van der Waals surface area contributed by atoms with Crippen molar-refractivity contribution in [2.45, 2.75) is 18.6 Å². The van der Waals surface area contributed by atoms with Crippen LogP contribution in [0, 0.1) is 0 Å². The van der Waals surface area contributed by atoms with Crippen molar-refractivity contribution < 1.29 is 9.63 Å². The van der Waals surface area contributed by atoms with Gasteiger partial charge in [-0.3, -0.25) is 0 Å². The Bertz CT molecular complexity index is 500. The normalized spacial score (nSPS) is 24.1. The van der Waals surface area contributed by atoms with E-state index in [-0.39, 0.29) is 12.1 Å². The minimum atomic E-state index is -0.358. The molecule has 1 aliphatic heterocycles. The Morgan fingerprint density at radius 2 is 2.12 bits per heavy atom. The molecule has 0 aliphatic carbocycles. The lowest BCUT2D eigenvalue weighted by Gasteiger charge is -2.01. The Hall–Kier alpha value is -1.86. The highest BCUT2D eigenvalue weighted by Crippen LogP contribution is 2.23. The predicted molar refractivity (Wildman–Crippen MR) is 56.7 cm³/mol. The lowest BCUT2D eigenvalue weighted by Crippen LogP contribution is -2.15. The molecular weight excluding hydrogens is 222 g/mol. The van der Waals surface area contributed by atoms with Crippen LogP contribution < -0.4 is 5.32 Å². The Labute approximate surface area is 96.9 Å². The van der Waals surface area contributed by atoms with E-state index in [0.717, 1.165) is 0 Å². The molecule has 0 saturated carbocycles. The van der Waals surface area contributed by atoms with Gasteiger partial charge >= 0.3 is 0 Å². The van der Waals surface area contributed by atoms with Crippen LogP contribution in [0.15, 0.2) is 23.0 Å². The molecule has 0 bridgehead atoms. The molecule has 0 radical (unpaired) electrons. The molecular formula is C10H11N5O2. The predicted octanol–water partition coefficient (Wildman–Crippen LogP) is -0.0781. The van der Waals surface area contributed by atoms with Crippen molar-refractivity contribution in [2.75, 3.05) is 6.54 Å². The van der Waals surface area contributed by atoms with E-state index in [0.29, 0.717) is 30.5 Å². The van der Waals surface area contributed by atoms with Crippen molar-refractivity contribution >= 4 is 0 Å². The quantitative estimate of drug-likeness (QED) is 0.748. The summed E-state index contributed by atoms with van der Waals surface area (Å²) in [6, 6.07) is 1.63. The molecule has 1 fully saturated rings.